The highest BCUT2D eigenvalue weighted by atomic mass is 16.5. The summed E-state index contributed by atoms with van der Waals surface area (Å²) in [5, 5.41) is 0. The molecule has 0 aliphatic carbocycles. The molecule has 0 N–H and O–H groups in total. The number of hydrogen-bond donors (Lipinski definition) is 0. The Morgan fingerprint density at radius 2 is 2.00 bits per heavy atom. The van der Waals surface area contributed by atoms with Gasteiger partial charge in [0.15, 0.2) is 0 Å². The monoisotopic (exact) mass is 351 g/mol. The highest BCUT2D eigenvalue weighted by molar-refractivity contribution is 5.93. The molecule has 1 aliphatic rings. The van der Waals surface area contributed by atoms with E-state index in [1.807, 2.05) is 24.3 Å². The van der Waals surface area contributed by atoms with E-state index < -0.39 is 0 Å². The third-order valence-electron chi connectivity index (χ3n) is 4.54. The van der Waals surface area contributed by atoms with Gasteiger partial charge in [0.05, 0.1) is 12.7 Å². The smallest absolute Gasteiger partial charge is 0.337 e. The van der Waals surface area contributed by atoms with Gasteiger partial charge in [0.2, 0.25) is 0 Å². The van der Waals surface area contributed by atoms with E-state index in [2.05, 4.69) is 37.2 Å². The summed E-state index contributed by atoms with van der Waals surface area (Å²) in [6, 6.07) is 13.8. The number of rotatable bonds is 5. The minimum absolute atomic E-state index is 0.336. The number of benzene rings is 2. The maximum absolute atomic E-state index is 12.0. The van der Waals surface area contributed by atoms with E-state index in [1.54, 1.807) is 6.07 Å². The van der Waals surface area contributed by atoms with E-state index >= 15 is 0 Å². The largest absolute Gasteiger partial charge is 0.488 e. The van der Waals surface area contributed by atoms with Crippen molar-refractivity contribution < 1.29 is 14.3 Å². The average molecular weight is 351 g/mol. The normalized spacial score (nSPS) is 14.4. The Kier molecular flexibility index (Phi) is 5.74. The van der Waals surface area contributed by atoms with E-state index in [9.17, 15) is 4.79 Å². The van der Waals surface area contributed by atoms with Gasteiger partial charge in [-0.3, -0.25) is 0 Å². The Balaban J connectivity index is 2.04. The van der Waals surface area contributed by atoms with Crippen LogP contribution in [0.4, 0.5) is 0 Å². The van der Waals surface area contributed by atoms with Crippen molar-refractivity contribution in [3.05, 3.63) is 70.8 Å². The summed E-state index contributed by atoms with van der Waals surface area (Å²) in [5.74, 6) is 0.463. The molecule has 4 heteroatoms. The molecule has 26 heavy (non-hydrogen) atoms. The topological polar surface area (TPSA) is 38.8 Å². The molecule has 0 saturated carbocycles. The maximum atomic E-state index is 12.0. The maximum Gasteiger partial charge on any atom is 0.337 e. The second kappa shape index (κ2) is 8.19. The van der Waals surface area contributed by atoms with Crippen LogP contribution in [0.15, 0.2) is 48.5 Å². The molecule has 4 nitrogen and oxygen atoms in total. The van der Waals surface area contributed by atoms with Gasteiger partial charge in [0, 0.05) is 5.56 Å². The second-order valence-corrected chi connectivity index (χ2v) is 6.71. The molecule has 1 heterocycles. The van der Waals surface area contributed by atoms with Crippen LogP contribution in [0.25, 0.3) is 5.57 Å². The molecular weight excluding hydrogens is 326 g/mol. The standard InChI is InChI=1S/C22H25NO3/c1-23(2)13-7-6-10-19-18-9-5-4-8-17(18)15-26-21-12-11-16(14-20(19)21)22(24)25-3/h4-5,8-12,14H,6-7,13,15H2,1-3H3/b19-10-. The zero-order valence-corrected chi connectivity index (χ0v) is 15.6. The Morgan fingerprint density at radius 3 is 2.77 bits per heavy atom. The van der Waals surface area contributed by atoms with E-state index in [1.165, 1.54) is 7.11 Å². The van der Waals surface area contributed by atoms with Gasteiger partial charge in [0.25, 0.3) is 0 Å². The van der Waals surface area contributed by atoms with Crippen molar-refractivity contribution in [2.45, 2.75) is 19.4 Å². The van der Waals surface area contributed by atoms with Crippen LogP contribution in [0.3, 0.4) is 0 Å². The minimum atomic E-state index is -0.336. The van der Waals surface area contributed by atoms with E-state index in [0.29, 0.717) is 12.2 Å². The second-order valence-electron chi connectivity index (χ2n) is 6.71. The molecule has 0 bridgehead atoms. The third kappa shape index (κ3) is 3.97. The van der Waals surface area contributed by atoms with Crippen molar-refractivity contribution in [3.8, 4) is 5.75 Å². The van der Waals surface area contributed by atoms with Gasteiger partial charge < -0.3 is 14.4 Å². The Labute approximate surface area is 155 Å². The molecule has 0 fully saturated rings. The zero-order chi connectivity index (χ0) is 18.5. The van der Waals surface area contributed by atoms with Crippen LogP contribution < -0.4 is 4.74 Å². The number of ether oxygens (including phenoxy) is 2. The summed E-state index contributed by atoms with van der Waals surface area (Å²) < 4.78 is 10.9. The van der Waals surface area contributed by atoms with Gasteiger partial charge in [-0.15, -0.1) is 0 Å². The number of hydrogen-bond acceptors (Lipinski definition) is 4. The van der Waals surface area contributed by atoms with Crippen molar-refractivity contribution in [1.29, 1.82) is 0 Å². The zero-order valence-electron chi connectivity index (χ0n) is 15.6. The van der Waals surface area contributed by atoms with Crippen molar-refractivity contribution in [3.63, 3.8) is 0 Å². The fraction of sp³-hybridized carbons (Fsp3) is 0.318. The first-order valence-corrected chi connectivity index (χ1v) is 8.89. The molecule has 1 aliphatic heterocycles. The van der Waals surface area contributed by atoms with Crippen molar-refractivity contribution in [1.82, 2.24) is 4.90 Å². The van der Waals surface area contributed by atoms with Crippen LogP contribution in [-0.2, 0) is 11.3 Å². The predicted octanol–water partition coefficient (Wildman–Crippen LogP) is 4.14. The number of esters is 1. The summed E-state index contributed by atoms with van der Waals surface area (Å²) in [7, 11) is 5.57. The molecule has 136 valence electrons. The van der Waals surface area contributed by atoms with Crippen LogP contribution in [0.2, 0.25) is 0 Å². The van der Waals surface area contributed by atoms with Crippen LogP contribution in [0.5, 0.6) is 5.75 Å². The fourth-order valence-electron chi connectivity index (χ4n) is 3.19. The molecule has 3 rings (SSSR count). The minimum Gasteiger partial charge on any atom is -0.488 e. The molecule has 0 atom stereocenters. The predicted molar refractivity (Wildman–Crippen MR) is 103 cm³/mol. The summed E-state index contributed by atoms with van der Waals surface area (Å²) in [6.07, 6.45) is 4.30. The summed E-state index contributed by atoms with van der Waals surface area (Å²) >= 11 is 0. The highest BCUT2D eigenvalue weighted by Gasteiger charge is 2.20. The number of nitrogens with zero attached hydrogens (tertiary/aromatic N) is 1. The quantitative estimate of drug-likeness (QED) is 0.599. The van der Waals surface area contributed by atoms with Gasteiger partial charge in [-0.1, -0.05) is 30.3 Å². The molecule has 0 saturated heterocycles. The van der Waals surface area contributed by atoms with Gasteiger partial charge in [0.1, 0.15) is 12.4 Å². The third-order valence-corrected chi connectivity index (χ3v) is 4.54. The van der Waals surface area contributed by atoms with Gasteiger partial charge in [-0.05, 0) is 68.4 Å². The number of methoxy groups -OCH3 is 1. The van der Waals surface area contributed by atoms with Gasteiger partial charge >= 0.3 is 5.97 Å². The number of carbonyl (C=O) groups is 1. The lowest BCUT2D eigenvalue weighted by Crippen LogP contribution is -2.12. The lowest BCUT2D eigenvalue weighted by Gasteiger charge is -2.13. The van der Waals surface area contributed by atoms with Crippen LogP contribution in [-0.4, -0.2) is 38.6 Å². The molecular formula is C22H25NO3. The molecule has 2 aromatic carbocycles. The Morgan fingerprint density at radius 1 is 1.19 bits per heavy atom. The summed E-state index contributed by atoms with van der Waals surface area (Å²) in [5.41, 5.74) is 4.93. The first-order chi connectivity index (χ1) is 12.6. The van der Waals surface area contributed by atoms with Crippen LogP contribution in [0.1, 0.15) is 39.9 Å². The SMILES string of the molecule is COC(=O)c1ccc2c(c1)/C(=C\CCCN(C)C)c1ccccc1CO2. The van der Waals surface area contributed by atoms with E-state index in [-0.39, 0.29) is 5.97 Å². The number of allylic oxidation sites excluding steroid dienone is 1. The molecule has 0 radical (unpaired) electrons. The first kappa shape index (κ1) is 18.2. The number of unbranched alkanes of at least 4 members (excludes halogenated alkanes) is 1. The van der Waals surface area contributed by atoms with Crippen LogP contribution >= 0.6 is 0 Å². The highest BCUT2D eigenvalue weighted by Crippen LogP contribution is 2.37. The Hall–Kier alpha value is -2.59. The van der Waals surface area contributed by atoms with Crippen molar-refractivity contribution in [2.24, 2.45) is 0 Å². The van der Waals surface area contributed by atoms with E-state index in [0.717, 1.165) is 47.4 Å². The summed E-state index contributed by atoms with van der Waals surface area (Å²) in [6.45, 7) is 1.56. The molecule has 0 aromatic heterocycles. The first-order valence-electron chi connectivity index (χ1n) is 8.89. The van der Waals surface area contributed by atoms with Gasteiger partial charge in [-0.25, -0.2) is 4.79 Å². The van der Waals surface area contributed by atoms with E-state index in [4.69, 9.17) is 9.47 Å². The molecule has 2 aromatic rings. The summed E-state index contributed by atoms with van der Waals surface area (Å²) in [4.78, 5) is 14.2. The molecule has 0 unspecified atom stereocenters. The Bertz CT molecular complexity index is 824. The number of carbonyl (C=O) groups excluding carboxylic acids is 1. The molecule has 0 spiro atoms. The van der Waals surface area contributed by atoms with Crippen LogP contribution in [0, 0.1) is 0 Å². The van der Waals surface area contributed by atoms with Crippen molar-refractivity contribution >= 4 is 11.5 Å². The molecule has 0 amide bonds. The lowest BCUT2D eigenvalue weighted by molar-refractivity contribution is 0.0600. The fourth-order valence-corrected chi connectivity index (χ4v) is 3.19. The van der Waals surface area contributed by atoms with Crippen molar-refractivity contribution in [2.75, 3.05) is 27.7 Å². The number of fused-ring (bicyclic) bond motifs is 2. The lowest BCUT2D eigenvalue weighted by atomic mass is 9.92. The average Bonchev–Trinajstić information content (AvgIpc) is 2.81. The van der Waals surface area contributed by atoms with Gasteiger partial charge in [-0.2, -0.15) is 0 Å².